The van der Waals surface area contributed by atoms with Gasteiger partial charge in [-0.15, -0.1) is 0 Å². The first-order chi connectivity index (χ1) is 13.5. The van der Waals surface area contributed by atoms with E-state index in [0.717, 1.165) is 12.1 Å². The molecule has 2 heterocycles. The van der Waals surface area contributed by atoms with Crippen molar-refractivity contribution in [3.63, 3.8) is 0 Å². The van der Waals surface area contributed by atoms with Crippen molar-refractivity contribution in [3.05, 3.63) is 92.3 Å². The number of nitrogens with zero attached hydrogens (tertiary/aromatic N) is 3. The predicted molar refractivity (Wildman–Crippen MR) is 99.3 cm³/mol. The molecule has 0 spiro atoms. The van der Waals surface area contributed by atoms with Gasteiger partial charge in [0.25, 0.3) is 5.56 Å². The summed E-state index contributed by atoms with van der Waals surface area (Å²) in [6.45, 7) is 0. The highest BCUT2D eigenvalue weighted by atomic mass is 19.1. The Hall–Kier alpha value is -3.99. The van der Waals surface area contributed by atoms with Crippen LogP contribution in [0.1, 0.15) is 11.1 Å². The highest BCUT2D eigenvalue weighted by Crippen LogP contribution is 2.18. The number of rotatable bonds is 1. The van der Waals surface area contributed by atoms with E-state index in [4.69, 9.17) is 0 Å². The minimum atomic E-state index is -1.08. The number of aryl methyl sites for hydroxylation is 1. The van der Waals surface area contributed by atoms with Crippen LogP contribution in [0.2, 0.25) is 0 Å². The Morgan fingerprint density at radius 1 is 1.00 bits per heavy atom. The van der Waals surface area contributed by atoms with Gasteiger partial charge in [-0.2, -0.15) is 5.10 Å². The summed E-state index contributed by atoms with van der Waals surface area (Å²) in [7, 11) is 1.49. The highest BCUT2D eigenvalue weighted by Gasteiger charge is 2.20. The molecule has 4 rings (SSSR count). The standard InChI is InChI=1S/C20H12F2N4O2/c1-25-18-16(11-23-25)24-20(28)26(19(18)27)17-14(21)9-13(10-15(17)22)8-7-12-5-3-2-4-6-12/h2-6,9-11H,1H3,(H,24,28). The molecular formula is C20H12F2N4O2. The minimum Gasteiger partial charge on any atom is -0.304 e. The Morgan fingerprint density at radius 2 is 1.64 bits per heavy atom. The normalized spacial score (nSPS) is 10.7. The summed E-state index contributed by atoms with van der Waals surface area (Å²) in [5.41, 5.74) is -1.65. The molecular weight excluding hydrogens is 366 g/mol. The van der Waals surface area contributed by atoms with Crippen LogP contribution in [-0.4, -0.2) is 19.3 Å². The number of fused-ring (bicyclic) bond motifs is 1. The largest absolute Gasteiger partial charge is 0.333 e. The molecule has 0 aliphatic carbocycles. The van der Waals surface area contributed by atoms with E-state index in [1.165, 1.54) is 17.9 Å². The first-order valence-electron chi connectivity index (χ1n) is 8.19. The van der Waals surface area contributed by atoms with E-state index >= 15 is 0 Å². The minimum absolute atomic E-state index is 0.0198. The van der Waals surface area contributed by atoms with Crippen molar-refractivity contribution >= 4 is 11.0 Å². The number of aromatic nitrogens is 4. The fraction of sp³-hybridized carbons (Fsp3) is 0.0500. The summed E-state index contributed by atoms with van der Waals surface area (Å²) < 4.78 is 31.0. The van der Waals surface area contributed by atoms with Crippen molar-refractivity contribution in [2.75, 3.05) is 0 Å². The zero-order valence-corrected chi connectivity index (χ0v) is 14.5. The third-order valence-corrected chi connectivity index (χ3v) is 4.15. The Morgan fingerprint density at radius 3 is 2.32 bits per heavy atom. The molecule has 0 amide bonds. The molecule has 4 aromatic rings. The summed E-state index contributed by atoms with van der Waals surface area (Å²) in [5, 5.41) is 3.87. The molecule has 0 saturated carbocycles. The summed E-state index contributed by atoms with van der Waals surface area (Å²) in [5.74, 6) is 3.31. The average Bonchev–Trinajstić information content (AvgIpc) is 3.03. The number of H-pyrrole nitrogens is 1. The number of nitrogens with one attached hydrogen (secondary N) is 1. The summed E-state index contributed by atoms with van der Waals surface area (Å²) >= 11 is 0. The predicted octanol–water partition coefficient (Wildman–Crippen LogP) is 2.09. The molecule has 0 fully saturated rings. The van der Waals surface area contributed by atoms with Gasteiger partial charge in [-0.25, -0.2) is 18.1 Å². The van der Waals surface area contributed by atoms with Gasteiger partial charge in [0.2, 0.25) is 0 Å². The van der Waals surface area contributed by atoms with E-state index in [2.05, 4.69) is 21.9 Å². The van der Waals surface area contributed by atoms with Gasteiger partial charge in [-0.3, -0.25) is 9.48 Å². The lowest BCUT2D eigenvalue weighted by atomic mass is 10.1. The molecule has 0 saturated heterocycles. The number of hydrogen-bond acceptors (Lipinski definition) is 3. The van der Waals surface area contributed by atoms with E-state index < -0.39 is 28.6 Å². The molecule has 0 unspecified atom stereocenters. The van der Waals surface area contributed by atoms with Gasteiger partial charge in [-0.05, 0) is 24.3 Å². The van der Waals surface area contributed by atoms with Gasteiger partial charge < -0.3 is 4.98 Å². The van der Waals surface area contributed by atoms with Crippen LogP contribution in [0.15, 0.2) is 58.3 Å². The van der Waals surface area contributed by atoms with E-state index in [1.807, 2.05) is 6.07 Å². The van der Waals surface area contributed by atoms with Gasteiger partial charge in [0.15, 0.2) is 17.2 Å². The van der Waals surface area contributed by atoms with Crippen molar-refractivity contribution < 1.29 is 8.78 Å². The van der Waals surface area contributed by atoms with Gasteiger partial charge in [-0.1, -0.05) is 30.0 Å². The molecule has 28 heavy (non-hydrogen) atoms. The molecule has 2 aromatic carbocycles. The maximum atomic E-state index is 14.7. The molecule has 0 radical (unpaired) electrons. The number of aromatic amines is 1. The fourth-order valence-electron chi connectivity index (χ4n) is 2.87. The Kier molecular flexibility index (Phi) is 4.12. The summed E-state index contributed by atoms with van der Waals surface area (Å²) in [6, 6.07) is 10.9. The van der Waals surface area contributed by atoms with E-state index in [9.17, 15) is 18.4 Å². The van der Waals surface area contributed by atoms with E-state index in [-0.39, 0.29) is 16.6 Å². The molecule has 1 N–H and O–H groups in total. The lowest BCUT2D eigenvalue weighted by Crippen LogP contribution is -2.35. The Balaban J connectivity index is 1.88. The van der Waals surface area contributed by atoms with Gasteiger partial charge >= 0.3 is 5.69 Å². The van der Waals surface area contributed by atoms with Gasteiger partial charge in [0.1, 0.15) is 5.69 Å². The van der Waals surface area contributed by atoms with Crippen LogP contribution in [0.5, 0.6) is 0 Å². The Bertz CT molecular complexity index is 1370. The highest BCUT2D eigenvalue weighted by molar-refractivity contribution is 5.72. The molecule has 2 aromatic heterocycles. The van der Waals surface area contributed by atoms with Crippen LogP contribution in [-0.2, 0) is 7.05 Å². The summed E-state index contributed by atoms with van der Waals surface area (Å²) in [4.78, 5) is 27.3. The maximum absolute atomic E-state index is 14.7. The molecule has 8 heteroatoms. The lowest BCUT2D eigenvalue weighted by Gasteiger charge is -2.08. The van der Waals surface area contributed by atoms with Crippen LogP contribution in [0.25, 0.3) is 16.7 Å². The van der Waals surface area contributed by atoms with E-state index in [0.29, 0.717) is 10.1 Å². The Labute approximate surface area is 156 Å². The monoisotopic (exact) mass is 378 g/mol. The van der Waals surface area contributed by atoms with Gasteiger partial charge in [0.05, 0.1) is 11.7 Å². The second-order valence-corrected chi connectivity index (χ2v) is 6.01. The first-order valence-corrected chi connectivity index (χ1v) is 8.19. The molecule has 138 valence electrons. The fourth-order valence-corrected chi connectivity index (χ4v) is 2.87. The van der Waals surface area contributed by atoms with Crippen LogP contribution >= 0.6 is 0 Å². The second kappa shape index (κ2) is 6.63. The zero-order valence-electron chi connectivity index (χ0n) is 14.5. The first kappa shape index (κ1) is 17.4. The zero-order chi connectivity index (χ0) is 19.8. The van der Waals surface area contributed by atoms with E-state index in [1.54, 1.807) is 24.3 Å². The van der Waals surface area contributed by atoms with Crippen molar-refractivity contribution in [1.29, 1.82) is 0 Å². The SMILES string of the molecule is Cn1ncc2[nH]c(=O)n(-c3c(F)cc(C#Cc4ccccc4)cc3F)c(=O)c21. The molecule has 0 aliphatic heterocycles. The maximum Gasteiger partial charge on any atom is 0.333 e. The van der Waals surface area contributed by atoms with Crippen LogP contribution in [0, 0.1) is 23.5 Å². The molecule has 0 atom stereocenters. The van der Waals surface area contributed by atoms with Crippen LogP contribution < -0.4 is 11.2 Å². The lowest BCUT2D eigenvalue weighted by molar-refractivity contribution is 0.562. The third-order valence-electron chi connectivity index (χ3n) is 4.15. The van der Waals surface area contributed by atoms with Crippen molar-refractivity contribution in [2.45, 2.75) is 0 Å². The quantitative estimate of drug-likeness (QED) is 0.516. The third kappa shape index (κ3) is 2.89. The smallest absolute Gasteiger partial charge is 0.304 e. The molecule has 0 bridgehead atoms. The van der Waals surface area contributed by atoms with Crippen LogP contribution in [0.4, 0.5) is 8.78 Å². The van der Waals surface area contributed by atoms with Crippen molar-refractivity contribution in [2.24, 2.45) is 7.05 Å². The number of halogens is 2. The van der Waals surface area contributed by atoms with Crippen LogP contribution in [0.3, 0.4) is 0 Å². The number of benzene rings is 2. The van der Waals surface area contributed by atoms with Crippen molar-refractivity contribution in [1.82, 2.24) is 19.3 Å². The number of hydrogen-bond donors (Lipinski definition) is 1. The topological polar surface area (TPSA) is 72.7 Å². The molecule has 6 nitrogen and oxygen atoms in total. The average molecular weight is 378 g/mol. The molecule has 0 aliphatic rings. The second-order valence-electron chi connectivity index (χ2n) is 6.01. The summed E-state index contributed by atoms with van der Waals surface area (Å²) in [6.07, 6.45) is 1.29. The van der Waals surface area contributed by atoms with Gasteiger partial charge in [0, 0.05) is 18.2 Å². The van der Waals surface area contributed by atoms with Crippen molar-refractivity contribution in [3.8, 4) is 17.5 Å².